The molecule has 1 aliphatic rings. The Morgan fingerprint density at radius 2 is 1.76 bits per heavy atom. The van der Waals surface area contributed by atoms with E-state index >= 15 is 0 Å². The van der Waals surface area contributed by atoms with Crippen molar-refractivity contribution in [3.8, 4) is 5.69 Å². The highest BCUT2D eigenvalue weighted by Gasteiger charge is 2.35. The molecule has 33 heavy (non-hydrogen) atoms. The summed E-state index contributed by atoms with van der Waals surface area (Å²) >= 11 is 0. The van der Waals surface area contributed by atoms with Gasteiger partial charge < -0.3 is 9.88 Å². The average Bonchev–Trinajstić information content (AvgIpc) is 3.33. The zero-order valence-electron chi connectivity index (χ0n) is 18.2. The largest absolute Gasteiger partial charge is 0.352 e. The number of amides is 1. The fraction of sp³-hybridized carbons (Fsp3) is 0.200. The van der Waals surface area contributed by atoms with Crippen LogP contribution >= 0.6 is 0 Å². The van der Waals surface area contributed by atoms with Gasteiger partial charge in [0.15, 0.2) is 0 Å². The summed E-state index contributed by atoms with van der Waals surface area (Å²) in [5.41, 5.74) is 2.64. The molecule has 1 N–H and O–H groups in total. The lowest BCUT2D eigenvalue weighted by atomic mass is 10.1. The van der Waals surface area contributed by atoms with Gasteiger partial charge in [-0.15, -0.1) is 0 Å². The van der Waals surface area contributed by atoms with Crippen LogP contribution in [-0.4, -0.2) is 30.4 Å². The number of para-hydroxylation sites is 1. The van der Waals surface area contributed by atoms with Gasteiger partial charge >= 0.3 is 0 Å². The monoisotopic (exact) mass is 460 g/mol. The van der Waals surface area contributed by atoms with Gasteiger partial charge in [-0.2, -0.15) is 0 Å². The van der Waals surface area contributed by atoms with Gasteiger partial charge in [-0.05, 0) is 42.5 Å². The van der Waals surface area contributed by atoms with Crippen LogP contribution in [0.4, 0.5) is 5.69 Å². The molecule has 5 rings (SSSR count). The molecular formula is C25H24N4O3S. The van der Waals surface area contributed by atoms with Gasteiger partial charge in [-0.1, -0.05) is 42.5 Å². The van der Waals surface area contributed by atoms with E-state index in [-0.39, 0.29) is 18.9 Å². The minimum atomic E-state index is -3.59. The molecule has 0 radical (unpaired) electrons. The number of aryl methyl sites for hydroxylation is 1. The fourth-order valence-electron chi connectivity index (χ4n) is 4.39. The molecule has 0 aliphatic carbocycles. The molecule has 0 fully saturated rings. The second kappa shape index (κ2) is 8.37. The molecule has 0 unspecified atom stereocenters. The summed E-state index contributed by atoms with van der Waals surface area (Å²) < 4.78 is 29.5. The van der Waals surface area contributed by atoms with E-state index in [4.69, 9.17) is 0 Å². The molecule has 0 bridgehead atoms. The van der Waals surface area contributed by atoms with Crippen molar-refractivity contribution >= 4 is 32.4 Å². The first-order valence-corrected chi connectivity index (χ1v) is 12.3. The second-order valence-corrected chi connectivity index (χ2v) is 9.89. The Balaban J connectivity index is 1.23. The maximum Gasteiger partial charge on any atom is 0.265 e. The van der Waals surface area contributed by atoms with Crippen molar-refractivity contribution < 1.29 is 13.2 Å². The summed E-state index contributed by atoms with van der Waals surface area (Å²) in [5.74, 6) is 0.760. The smallest absolute Gasteiger partial charge is 0.265 e. The van der Waals surface area contributed by atoms with Crippen molar-refractivity contribution in [3.05, 3.63) is 84.4 Å². The molecule has 2 heterocycles. The van der Waals surface area contributed by atoms with Gasteiger partial charge in [0.1, 0.15) is 5.82 Å². The van der Waals surface area contributed by atoms with Crippen molar-refractivity contribution in [2.45, 2.75) is 31.2 Å². The Morgan fingerprint density at radius 1 is 1.00 bits per heavy atom. The minimum absolute atomic E-state index is 0.112. The number of aromatic nitrogens is 2. The predicted molar refractivity (Wildman–Crippen MR) is 128 cm³/mol. The predicted octanol–water partition coefficient (Wildman–Crippen LogP) is 3.94. The molecule has 3 aromatic carbocycles. The summed E-state index contributed by atoms with van der Waals surface area (Å²) in [4.78, 5) is 17.1. The number of hydrogen-bond acceptors (Lipinski definition) is 4. The Kier molecular flexibility index (Phi) is 5.38. The number of hydrogen-bond donors (Lipinski definition) is 1. The Morgan fingerprint density at radius 3 is 2.55 bits per heavy atom. The van der Waals surface area contributed by atoms with Gasteiger partial charge in [0.2, 0.25) is 5.91 Å². The van der Waals surface area contributed by atoms with Crippen molar-refractivity contribution in [3.63, 3.8) is 0 Å². The van der Waals surface area contributed by atoms with Crippen molar-refractivity contribution in [2.75, 3.05) is 10.8 Å². The van der Waals surface area contributed by atoms with Crippen LogP contribution in [0.2, 0.25) is 0 Å². The van der Waals surface area contributed by atoms with Gasteiger partial charge in [0, 0.05) is 37.3 Å². The van der Waals surface area contributed by atoms with Gasteiger partial charge in [-0.25, -0.2) is 13.4 Å². The first kappa shape index (κ1) is 21.2. The third-order valence-corrected chi connectivity index (χ3v) is 7.85. The van der Waals surface area contributed by atoms with Gasteiger partial charge in [0.25, 0.3) is 10.0 Å². The summed E-state index contributed by atoms with van der Waals surface area (Å²) in [6.45, 7) is 2.58. The first-order valence-electron chi connectivity index (χ1n) is 10.9. The molecule has 1 aliphatic heterocycles. The SMILES string of the molecule is Cc1nccn1-c1ccccc1CNC(=O)CCCN1c2cccc3cccc(c23)S1(=O)=O. The second-order valence-electron chi connectivity index (χ2n) is 8.06. The molecule has 1 aromatic heterocycles. The van der Waals surface area contributed by atoms with E-state index in [1.807, 2.05) is 66.2 Å². The number of carbonyl (C=O) groups is 1. The molecule has 7 nitrogen and oxygen atoms in total. The normalized spacial score (nSPS) is 14.0. The Bertz CT molecular complexity index is 1450. The number of benzene rings is 3. The Labute approximate surface area is 192 Å². The van der Waals surface area contributed by atoms with Gasteiger partial charge in [-0.3, -0.25) is 9.10 Å². The lowest BCUT2D eigenvalue weighted by Gasteiger charge is -2.18. The topological polar surface area (TPSA) is 84.3 Å². The summed E-state index contributed by atoms with van der Waals surface area (Å²) in [7, 11) is -3.59. The highest BCUT2D eigenvalue weighted by Crippen LogP contribution is 2.41. The molecule has 1 amide bonds. The van der Waals surface area contributed by atoms with Crippen LogP contribution in [0.25, 0.3) is 16.5 Å². The van der Waals surface area contributed by atoms with Crippen LogP contribution in [0.15, 0.2) is 78.0 Å². The van der Waals surface area contributed by atoms with E-state index in [0.29, 0.717) is 23.5 Å². The highest BCUT2D eigenvalue weighted by atomic mass is 32.2. The summed E-state index contributed by atoms with van der Waals surface area (Å²) in [5, 5.41) is 4.63. The lowest BCUT2D eigenvalue weighted by Crippen LogP contribution is -2.30. The van der Waals surface area contributed by atoms with Crippen molar-refractivity contribution in [1.29, 1.82) is 0 Å². The molecule has 8 heteroatoms. The van der Waals surface area contributed by atoms with E-state index in [9.17, 15) is 13.2 Å². The van der Waals surface area contributed by atoms with Crippen LogP contribution in [0.3, 0.4) is 0 Å². The van der Waals surface area contributed by atoms with E-state index in [2.05, 4.69) is 10.3 Å². The highest BCUT2D eigenvalue weighted by molar-refractivity contribution is 7.93. The molecule has 0 spiro atoms. The standard InChI is InChI=1S/C25H24N4O3S/c1-18-26-14-16-28(18)21-10-3-2-7-20(21)17-27-24(30)13-6-15-29-22-11-4-8-19-9-5-12-23(25(19)22)33(29,31)32/h2-5,7-12,14,16H,6,13,15,17H2,1H3,(H,27,30). The molecule has 0 atom stereocenters. The number of nitrogens with zero attached hydrogens (tertiary/aromatic N) is 3. The van der Waals surface area contributed by atoms with Gasteiger partial charge in [0.05, 0.1) is 16.3 Å². The van der Waals surface area contributed by atoms with Crippen LogP contribution < -0.4 is 9.62 Å². The third kappa shape index (κ3) is 3.76. The van der Waals surface area contributed by atoms with E-state index in [1.165, 1.54) is 4.31 Å². The average molecular weight is 461 g/mol. The molecule has 4 aromatic rings. The molecular weight excluding hydrogens is 436 g/mol. The van der Waals surface area contributed by atoms with E-state index in [0.717, 1.165) is 27.8 Å². The summed E-state index contributed by atoms with van der Waals surface area (Å²) in [6.07, 6.45) is 4.31. The molecule has 0 saturated carbocycles. The van der Waals surface area contributed by atoms with Crippen LogP contribution in [0, 0.1) is 6.92 Å². The number of nitrogens with one attached hydrogen (secondary N) is 1. The lowest BCUT2D eigenvalue weighted by molar-refractivity contribution is -0.121. The zero-order chi connectivity index (χ0) is 23.0. The summed E-state index contributed by atoms with van der Waals surface area (Å²) in [6, 6.07) is 18.8. The van der Waals surface area contributed by atoms with Crippen molar-refractivity contribution in [2.24, 2.45) is 0 Å². The maximum absolute atomic E-state index is 13.0. The molecule has 168 valence electrons. The maximum atomic E-state index is 13.0. The van der Waals surface area contributed by atoms with E-state index in [1.54, 1.807) is 18.3 Å². The molecule has 0 saturated heterocycles. The number of imidazole rings is 1. The number of sulfonamides is 1. The quantitative estimate of drug-likeness (QED) is 0.453. The third-order valence-electron chi connectivity index (χ3n) is 6.00. The number of rotatable bonds is 7. The number of anilines is 1. The fourth-order valence-corrected chi connectivity index (χ4v) is 6.14. The van der Waals surface area contributed by atoms with Crippen LogP contribution in [0.5, 0.6) is 0 Å². The number of carbonyl (C=O) groups excluding carboxylic acids is 1. The van der Waals surface area contributed by atoms with E-state index < -0.39 is 10.0 Å². The zero-order valence-corrected chi connectivity index (χ0v) is 19.0. The first-order chi connectivity index (χ1) is 16.0. The van der Waals surface area contributed by atoms with Crippen molar-refractivity contribution in [1.82, 2.24) is 14.9 Å². The van der Waals surface area contributed by atoms with Crippen LogP contribution in [0.1, 0.15) is 24.2 Å². The van der Waals surface area contributed by atoms with Crippen LogP contribution in [-0.2, 0) is 21.4 Å². The Hall–Kier alpha value is -3.65. The minimum Gasteiger partial charge on any atom is -0.352 e.